The van der Waals surface area contributed by atoms with Crippen LogP contribution in [0.15, 0.2) is 36.0 Å². The van der Waals surface area contributed by atoms with Crippen molar-refractivity contribution in [2.45, 2.75) is 33.1 Å². The van der Waals surface area contributed by atoms with Gasteiger partial charge in [0.1, 0.15) is 5.70 Å². The Labute approximate surface area is 137 Å². The molecule has 0 atom stereocenters. The Morgan fingerprint density at radius 2 is 1.61 bits per heavy atom. The molecule has 3 rings (SSSR count). The third-order valence-electron chi connectivity index (χ3n) is 4.43. The molecule has 1 saturated heterocycles. The molecule has 23 heavy (non-hydrogen) atoms. The number of piperidine rings is 1. The molecule has 122 valence electrons. The Morgan fingerprint density at radius 1 is 0.957 bits per heavy atom. The summed E-state index contributed by atoms with van der Waals surface area (Å²) in [4.78, 5) is 29.4. The van der Waals surface area contributed by atoms with E-state index in [1.165, 1.54) is 11.3 Å². The van der Waals surface area contributed by atoms with Gasteiger partial charge in [0.05, 0.1) is 5.57 Å². The minimum Gasteiger partial charge on any atom is -0.366 e. The van der Waals surface area contributed by atoms with E-state index in [0.717, 1.165) is 31.5 Å². The smallest absolute Gasteiger partial charge is 0.277 e. The van der Waals surface area contributed by atoms with E-state index in [1.807, 2.05) is 44.2 Å². The van der Waals surface area contributed by atoms with E-state index in [4.69, 9.17) is 0 Å². The first-order chi connectivity index (χ1) is 11.1. The molecule has 2 aliphatic heterocycles. The maximum atomic E-state index is 12.9. The molecule has 0 radical (unpaired) electrons. The zero-order valence-electron chi connectivity index (χ0n) is 13.9. The highest BCUT2D eigenvalue weighted by molar-refractivity contribution is 6.35. The number of amides is 2. The lowest BCUT2D eigenvalue weighted by molar-refractivity contribution is -0.138. The largest absolute Gasteiger partial charge is 0.366 e. The van der Waals surface area contributed by atoms with Crippen molar-refractivity contribution in [3.63, 3.8) is 0 Å². The molecular formula is C19H24N2O2. The fourth-order valence-electron chi connectivity index (χ4n) is 3.37. The maximum absolute atomic E-state index is 12.9. The van der Waals surface area contributed by atoms with Gasteiger partial charge in [-0.2, -0.15) is 0 Å². The summed E-state index contributed by atoms with van der Waals surface area (Å²) in [6, 6.07) is 9.60. The van der Waals surface area contributed by atoms with Gasteiger partial charge in [-0.15, -0.1) is 0 Å². The molecule has 0 aromatic heterocycles. The van der Waals surface area contributed by atoms with E-state index < -0.39 is 0 Å². The Bertz CT molecular complexity index is 628. The normalized spacial score (nSPS) is 19.3. The number of likely N-dealkylation sites (tertiary alicyclic amines) is 1. The Morgan fingerprint density at radius 3 is 2.22 bits per heavy atom. The van der Waals surface area contributed by atoms with Crippen LogP contribution in [0.5, 0.6) is 0 Å². The highest BCUT2D eigenvalue weighted by Crippen LogP contribution is 2.33. The molecule has 0 unspecified atom stereocenters. The van der Waals surface area contributed by atoms with Gasteiger partial charge in [0, 0.05) is 19.6 Å². The summed E-state index contributed by atoms with van der Waals surface area (Å²) in [5.74, 6) is 0.000515. The zero-order chi connectivity index (χ0) is 16.4. The average molecular weight is 312 g/mol. The summed E-state index contributed by atoms with van der Waals surface area (Å²) in [6.45, 7) is 6.26. The van der Waals surface area contributed by atoms with Crippen LogP contribution in [0.1, 0.15) is 38.7 Å². The van der Waals surface area contributed by atoms with Gasteiger partial charge in [-0.05, 0) is 30.7 Å². The minimum atomic E-state index is -0.143. The van der Waals surface area contributed by atoms with Crippen molar-refractivity contribution < 1.29 is 9.59 Å². The summed E-state index contributed by atoms with van der Waals surface area (Å²) in [5.41, 5.74) is 2.04. The molecule has 0 bridgehead atoms. The number of nitrogens with zero attached hydrogens (tertiary/aromatic N) is 2. The maximum Gasteiger partial charge on any atom is 0.277 e. The van der Waals surface area contributed by atoms with Crippen molar-refractivity contribution in [1.29, 1.82) is 0 Å². The molecule has 4 nitrogen and oxygen atoms in total. The Hall–Kier alpha value is -2.10. The topological polar surface area (TPSA) is 40.6 Å². The number of imide groups is 1. The van der Waals surface area contributed by atoms with Crippen LogP contribution < -0.4 is 0 Å². The van der Waals surface area contributed by atoms with E-state index in [-0.39, 0.29) is 17.7 Å². The number of hydrogen-bond donors (Lipinski definition) is 0. The second-order valence-electron chi connectivity index (χ2n) is 6.75. The van der Waals surface area contributed by atoms with Crippen molar-refractivity contribution in [3.05, 3.63) is 41.6 Å². The van der Waals surface area contributed by atoms with Gasteiger partial charge < -0.3 is 4.90 Å². The lowest BCUT2D eigenvalue weighted by Gasteiger charge is -2.29. The van der Waals surface area contributed by atoms with E-state index in [1.54, 1.807) is 0 Å². The standard InChI is InChI=1S/C19H24N2O2/c1-14(2)13-21-18(22)16(15-9-5-3-6-10-15)17(19(21)23)20-11-7-4-8-12-20/h3,5-6,9-10,14H,4,7-8,11-13H2,1-2H3. The van der Waals surface area contributed by atoms with Crippen LogP contribution in [0.2, 0.25) is 0 Å². The van der Waals surface area contributed by atoms with E-state index in [9.17, 15) is 9.59 Å². The monoisotopic (exact) mass is 312 g/mol. The van der Waals surface area contributed by atoms with Crippen LogP contribution in [0.4, 0.5) is 0 Å². The van der Waals surface area contributed by atoms with E-state index in [2.05, 4.69) is 4.90 Å². The van der Waals surface area contributed by atoms with Gasteiger partial charge in [0.25, 0.3) is 11.8 Å². The number of carbonyl (C=O) groups excluding carboxylic acids is 2. The SMILES string of the molecule is CC(C)CN1C(=O)C(c2ccccc2)=C(N2CCCCC2)C1=O. The van der Waals surface area contributed by atoms with Crippen molar-refractivity contribution in [2.24, 2.45) is 5.92 Å². The van der Waals surface area contributed by atoms with Crippen LogP contribution in [0, 0.1) is 5.92 Å². The van der Waals surface area contributed by atoms with Gasteiger partial charge in [0.2, 0.25) is 0 Å². The Balaban J connectivity index is 2.04. The van der Waals surface area contributed by atoms with Crippen LogP contribution >= 0.6 is 0 Å². The second-order valence-corrected chi connectivity index (χ2v) is 6.75. The molecule has 1 aromatic carbocycles. The van der Waals surface area contributed by atoms with Crippen LogP contribution in [-0.2, 0) is 9.59 Å². The first-order valence-electron chi connectivity index (χ1n) is 8.50. The number of benzene rings is 1. The number of carbonyl (C=O) groups is 2. The molecular weight excluding hydrogens is 288 g/mol. The van der Waals surface area contributed by atoms with Crippen LogP contribution in [0.3, 0.4) is 0 Å². The fourth-order valence-corrected chi connectivity index (χ4v) is 3.37. The van der Waals surface area contributed by atoms with Crippen molar-refractivity contribution in [2.75, 3.05) is 19.6 Å². The second kappa shape index (κ2) is 6.57. The molecule has 2 heterocycles. The highest BCUT2D eigenvalue weighted by atomic mass is 16.2. The molecule has 2 aliphatic rings. The zero-order valence-corrected chi connectivity index (χ0v) is 13.9. The summed E-state index contributed by atoms with van der Waals surface area (Å²) in [6.07, 6.45) is 3.36. The van der Waals surface area contributed by atoms with Crippen molar-refractivity contribution >= 4 is 17.4 Å². The quantitative estimate of drug-likeness (QED) is 0.803. The van der Waals surface area contributed by atoms with Gasteiger partial charge in [0.15, 0.2) is 0 Å². The van der Waals surface area contributed by atoms with Gasteiger partial charge in [-0.3, -0.25) is 14.5 Å². The van der Waals surface area contributed by atoms with E-state index in [0.29, 0.717) is 17.8 Å². The summed E-state index contributed by atoms with van der Waals surface area (Å²) < 4.78 is 0. The first-order valence-corrected chi connectivity index (χ1v) is 8.50. The highest BCUT2D eigenvalue weighted by Gasteiger charge is 2.41. The van der Waals surface area contributed by atoms with Gasteiger partial charge in [-0.25, -0.2) is 0 Å². The van der Waals surface area contributed by atoms with Crippen molar-refractivity contribution in [1.82, 2.24) is 9.80 Å². The molecule has 1 aromatic rings. The third-order valence-corrected chi connectivity index (χ3v) is 4.43. The first kappa shape index (κ1) is 15.8. The molecule has 0 N–H and O–H groups in total. The Kier molecular flexibility index (Phi) is 4.51. The molecule has 0 saturated carbocycles. The predicted octanol–water partition coefficient (Wildman–Crippen LogP) is 2.91. The lowest BCUT2D eigenvalue weighted by atomic mass is 10.0. The molecule has 4 heteroatoms. The predicted molar refractivity (Wildman–Crippen MR) is 90.3 cm³/mol. The van der Waals surface area contributed by atoms with Gasteiger partial charge >= 0.3 is 0 Å². The number of hydrogen-bond acceptors (Lipinski definition) is 3. The molecule has 2 amide bonds. The van der Waals surface area contributed by atoms with Gasteiger partial charge in [-0.1, -0.05) is 44.2 Å². The summed E-state index contributed by atoms with van der Waals surface area (Å²) in [7, 11) is 0. The molecule has 0 spiro atoms. The molecule has 0 aliphatic carbocycles. The number of rotatable bonds is 4. The van der Waals surface area contributed by atoms with Crippen LogP contribution in [-0.4, -0.2) is 41.2 Å². The fraction of sp³-hybridized carbons (Fsp3) is 0.474. The summed E-state index contributed by atoms with van der Waals surface area (Å²) in [5, 5.41) is 0. The minimum absolute atomic E-state index is 0.121. The molecule has 1 fully saturated rings. The van der Waals surface area contributed by atoms with Crippen LogP contribution in [0.25, 0.3) is 5.57 Å². The average Bonchev–Trinajstić information content (AvgIpc) is 2.80. The lowest BCUT2D eigenvalue weighted by Crippen LogP contribution is -2.38. The summed E-state index contributed by atoms with van der Waals surface area (Å²) >= 11 is 0. The van der Waals surface area contributed by atoms with E-state index >= 15 is 0 Å². The third kappa shape index (κ3) is 3.03. The van der Waals surface area contributed by atoms with Crippen molar-refractivity contribution in [3.8, 4) is 0 Å².